The molecule has 0 amide bonds. The van der Waals surface area contributed by atoms with Gasteiger partial charge in [0.1, 0.15) is 5.69 Å². The fourth-order valence-corrected chi connectivity index (χ4v) is 2.08. The van der Waals surface area contributed by atoms with Gasteiger partial charge in [0.15, 0.2) is 17.3 Å². The summed E-state index contributed by atoms with van der Waals surface area (Å²) in [4.78, 5) is 10.3. The van der Waals surface area contributed by atoms with Crippen molar-refractivity contribution in [3.63, 3.8) is 0 Å². The standard InChI is InChI=1S/C14H11FN2O4/c15-10-2-1-3-11(17(18)19)14(10)16-7-9-4-5-12-13(6-9)21-8-20-12/h1-6,16H,7-8H2. The van der Waals surface area contributed by atoms with Gasteiger partial charge in [-0.05, 0) is 23.8 Å². The van der Waals surface area contributed by atoms with Gasteiger partial charge in [-0.25, -0.2) is 4.39 Å². The summed E-state index contributed by atoms with van der Waals surface area (Å²) >= 11 is 0. The highest BCUT2D eigenvalue weighted by atomic mass is 19.1. The van der Waals surface area contributed by atoms with Crippen molar-refractivity contribution in [3.05, 3.63) is 57.9 Å². The van der Waals surface area contributed by atoms with Crippen molar-refractivity contribution >= 4 is 11.4 Å². The van der Waals surface area contributed by atoms with Crippen LogP contribution in [-0.2, 0) is 6.54 Å². The van der Waals surface area contributed by atoms with E-state index in [0.29, 0.717) is 11.5 Å². The van der Waals surface area contributed by atoms with Crippen molar-refractivity contribution in [1.29, 1.82) is 0 Å². The van der Waals surface area contributed by atoms with Crippen LogP contribution in [0.4, 0.5) is 15.8 Å². The number of nitrogens with one attached hydrogen (secondary N) is 1. The number of nitro benzene ring substituents is 1. The van der Waals surface area contributed by atoms with E-state index in [1.165, 1.54) is 18.2 Å². The first-order valence-corrected chi connectivity index (χ1v) is 6.20. The van der Waals surface area contributed by atoms with Crippen LogP contribution in [0.1, 0.15) is 5.56 Å². The van der Waals surface area contributed by atoms with Crippen molar-refractivity contribution < 1.29 is 18.8 Å². The zero-order valence-corrected chi connectivity index (χ0v) is 10.8. The lowest BCUT2D eigenvalue weighted by Crippen LogP contribution is -2.04. The molecule has 0 atom stereocenters. The molecule has 108 valence electrons. The molecular weight excluding hydrogens is 279 g/mol. The number of fused-ring (bicyclic) bond motifs is 1. The second kappa shape index (κ2) is 5.28. The summed E-state index contributed by atoms with van der Waals surface area (Å²) in [6, 6.07) is 9.02. The molecule has 1 N–H and O–H groups in total. The smallest absolute Gasteiger partial charge is 0.295 e. The normalized spacial score (nSPS) is 12.2. The minimum atomic E-state index is -0.662. The number of benzene rings is 2. The molecule has 1 aliphatic rings. The van der Waals surface area contributed by atoms with Crippen molar-refractivity contribution in [1.82, 2.24) is 0 Å². The van der Waals surface area contributed by atoms with Crippen LogP contribution in [0.2, 0.25) is 0 Å². The Morgan fingerprint density at radius 1 is 1.24 bits per heavy atom. The molecule has 0 aromatic heterocycles. The molecule has 0 spiro atoms. The predicted molar refractivity (Wildman–Crippen MR) is 72.9 cm³/mol. The first-order chi connectivity index (χ1) is 10.1. The van der Waals surface area contributed by atoms with Crippen LogP contribution in [0.25, 0.3) is 0 Å². The Morgan fingerprint density at radius 3 is 2.86 bits per heavy atom. The van der Waals surface area contributed by atoms with Crippen molar-refractivity contribution in [3.8, 4) is 11.5 Å². The lowest BCUT2D eigenvalue weighted by Gasteiger charge is -2.08. The van der Waals surface area contributed by atoms with Crippen LogP contribution in [-0.4, -0.2) is 11.7 Å². The molecule has 21 heavy (non-hydrogen) atoms. The first-order valence-electron chi connectivity index (χ1n) is 6.20. The molecule has 2 aromatic rings. The summed E-state index contributed by atoms with van der Waals surface area (Å²) in [7, 11) is 0. The second-order valence-electron chi connectivity index (χ2n) is 4.43. The van der Waals surface area contributed by atoms with E-state index < -0.39 is 10.7 Å². The van der Waals surface area contributed by atoms with E-state index in [9.17, 15) is 14.5 Å². The van der Waals surface area contributed by atoms with E-state index in [-0.39, 0.29) is 24.7 Å². The van der Waals surface area contributed by atoms with Gasteiger partial charge >= 0.3 is 0 Å². The molecule has 0 radical (unpaired) electrons. The lowest BCUT2D eigenvalue weighted by atomic mass is 10.2. The molecule has 6 nitrogen and oxygen atoms in total. The largest absolute Gasteiger partial charge is 0.454 e. The third-order valence-corrected chi connectivity index (χ3v) is 3.09. The number of rotatable bonds is 4. The Labute approximate surface area is 119 Å². The van der Waals surface area contributed by atoms with Gasteiger partial charge in [-0.3, -0.25) is 10.1 Å². The van der Waals surface area contributed by atoms with Crippen LogP contribution < -0.4 is 14.8 Å². The molecule has 0 bridgehead atoms. The number of nitro groups is 1. The molecule has 0 saturated heterocycles. The minimum Gasteiger partial charge on any atom is -0.454 e. The average Bonchev–Trinajstić information content (AvgIpc) is 2.93. The number of nitrogens with zero attached hydrogens (tertiary/aromatic N) is 1. The fraction of sp³-hybridized carbons (Fsp3) is 0.143. The quantitative estimate of drug-likeness (QED) is 0.692. The Balaban J connectivity index is 1.80. The number of ether oxygens (including phenoxy) is 2. The molecule has 0 aliphatic carbocycles. The fourth-order valence-electron chi connectivity index (χ4n) is 2.08. The van der Waals surface area contributed by atoms with Crippen LogP contribution >= 0.6 is 0 Å². The molecule has 0 unspecified atom stereocenters. The van der Waals surface area contributed by atoms with Crippen LogP contribution in [0.5, 0.6) is 11.5 Å². The topological polar surface area (TPSA) is 73.6 Å². The zero-order chi connectivity index (χ0) is 14.8. The van der Waals surface area contributed by atoms with Gasteiger partial charge in [0, 0.05) is 12.6 Å². The number of halogens is 1. The number of anilines is 1. The lowest BCUT2D eigenvalue weighted by molar-refractivity contribution is -0.384. The molecular formula is C14H11FN2O4. The molecule has 1 heterocycles. The van der Waals surface area contributed by atoms with E-state index in [2.05, 4.69) is 5.32 Å². The highest BCUT2D eigenvalue weighted by Gasteiger charge is 2.18. The molecule has 1 aliphatic heterocycles. The van der Waals surface area contributed by atoms with Crippen molar-refractivity contribution in [2.75, 3.05) is 12.1 Å². The van der Waals surface area contributed by atoms with Gasteiger partial charge < -0.3 is 14.8 Å². The van der Waals surface area contributed by atoms with E-state index in [0.717, 1.165) is 5.56 Å². The van der Waals surface area contributed by atoms with Gasteiger partial charge in [0.25, 0.3) is 5.69 Å². The van der Waals surface area contributed by atoms with E-state index in [1.54, 1.807) is 18.2 Å². The number of hydrogen-bond acceptors (Lipinski definition) is 5. The van der Waals surface area contributed by atoms with E-state index in [1.807, 2.05) is 0 Å². The summed E-state index contributed by atoms with van der Waals surface area (Å²) in [6.07, 6.45) is 0. The maximum Gasteiger partial charge on any atom is 0.295 e. The summed E-state index contributed by atoms with van der Waals surface area (Å²) in [5.74, 6) is 0.595. The maximum absolute atomic E-state index is 13.7. The van der Waals surface area contributed by atoms with Gasteiger partial charge in [-0.15, -0.1) is 0 Å². The van der Waals surface area contributed by atoms with Crippen LogP contribution in [0, 0.1) is 15.9 Å². The summed E-state index contributed by atoms with van der Waals surface area (Å²) < 4.78 is 24.2. The van der Waals surface area contributed by atoms with Gasteiger partial charge in [0.05, 0.1) is 4.92 Å². The summed E-state index contributed by atoms with van der Waals surface area (Å²) in [6.45, 7) is 0.406. The third kappa shape index (κ3) is 2.58. The van der Waals surface area contributed by atoms with Gasteiger partial charge in [-0.2, -0.15) is 0 Å². The maximum atomic E-state index is 13.7. The molecule has 3 rings (SSSR count). The Morgan fingerprint density at radius 2 is 2.05 bits per heavy atom. The van der Waals surface area contributed by atoms with Gasteiger partial charge in [0.2, 0.25) is 6.79 Å². The van der Waals surface area contributed by atoms with E-state index >= 15 is 0 Å². The SMILES string of the molecule is O=[N+]([O-])c1cccc(F)c1NCc1ccc2c(c1)OCO2. The summed E-state index contributed by atoms with van der Waals surface area (Å²) in [5.41, 5.74) is 0.382. The zero-order valence-electron chi connectivity index (χ0n) is 10.8. The summed E-state index contributed by atoms with van der Waals surface area (Å²) in [5, 5.41) is 13.7. The van der Waals surface area contributed by atoms with Gasteiger partial charge in [-0.1, -0.05) is 12.1 Å². The van der Waals surface area contributed by atoms with Crippen LogP contribution in [0.3, 0.4) is 0 Å². The van der Waals surface area contributed by atoms with Crippen LogP contribution in [0.15, 0.2) is 36.4 Å². The monoisotopic (exact) mass is 290 g/mol. The second-order valence-corrected chi connectivity index (χ2v) is 4.43. The molecule has 0 fully saturated rings. The van der Waals surface area contributed by atoms with E-state index in [4.69, 9.17) is 9.47 Å². The highest BCUT2D eigenvalue weighted by molar-refractivity contribution is 5.62. The average molecular weight is 290 g/mol. The number of para-hydroxylation sites is 1. The highest BCUT2D eigenvalue weighted by Crippen LogP contribution is 2.33. The van der Waals surface area contributed by atoms with Crippen molar-refractivity contribution in [2.24, 2.45) is 0 Å². The first kappa shape index (κ1) is 13.2. The molecule has 7 heteroatoms. The van der Waals surface area contributed by atoms with Crippen molar-refractivity contribution in [2.45, 2.75) is 6.54 Å². The Hall–Kier alpha value is -2.83. The molecule has 2 aromatic carbocycles. The third-order valence-electron chi connectivity index (χ3n) is 3.09. The minimum absolute atomic E-state index is 0.125. The molecule has 0 saturated carbocycles. The number of hydrogen-bond donors (Lipinski definition) is 1. The predicted octanol–water partition coefficient (Wildman–Crippen LogP) is 3.07. The Bertz CT molecular complexity index is 705. The Kier molecular flexibility index (Phi) is 3.31.